The summed E-state index contributed by atoms with van der Waals surface area (Å²) >= 11 is 0. The van der Waals surface area contributed by atoms with Gasteiger partial charge in [-0.05, 0) is 50.7 Å². The average molecular weight is 232 g/mol. The lowest BCUT2D eigenvalue weighted by molar-refractivity contribution is 0.384. The van der Waals surface area contributed by atoms with Crippen molar-refractivity contribution in [2.24, 2.45) is 5.73 Å². The molecule has 0 bridgehead atoms. The standard InChI is InChI=1S/C15H24N2/c1-11-5-4-6-12(2)15(11)17(3)14-9-7-13(16)8-10-14/h4-6,13-14H,7-10,16H2,1-3H3. The van der Waals surface area contributed by atoms with Gasteiger partial charge in [-0.15, -0.1) is 0 Å². The van der Waals surface area contributed by atoms with Crippen LogP contribution in [-0.4, -0.2) is 19.1 Å². The lowest BCUT2D eigenvalue weighted by atomic mass is 9.90. The van der Waals surface area contributed by atoms with Crippen molar-refractivity contribution in [3.8, 4) is 0 Å². The molecule has 2 N–H and O–H groups in total. The minimum Gasteiger partial charge on any atom is -0.371 e. The molecule has 2 nitrogen and oxygen atoms in total. The maximum atomic E-state index is 5.98. The number of nitrogens with zero attached hydrogens (tertiary/aromatic N) is 1. The molecule has 1 fully saturated rings. The van der Waals surface area contributed by atoms with Crippen LogP contribution in [0.4, 0.5) is 5.69 Å². The molecule has 0 unspecified atom stereocenters. The van der Waals surface area contributed by atoms with E-state index in [-0.39, 0.29) is 0 Å². The molecule has 0 radical (unpaired) electrons. The number of hydrogen-bond acceptors (Lipinski definition) is 2. The fraction of sp³-hybridized carbons (Fsp3) is 0.600. The van der Waals surface area contributed by atoms with E-state index in [0.717, 1.165) is 0 Å². The summed E-state index contributed by atoms with van der Waals surface area (Å²) in [5.41, 5.74) is 10.1. The van der Waals surface area contributed by atoms with Gasteiger partial charge in [0.25, 0.3) is 0 Å². The van der Waals surface area contributed by atoms with Gasteiger partial charge in [-0.1, -0.05) is 18.2 Å². The summed E-state index contributed by atoms with van der Waals surface area (Å²) in [6, 6.07) is 7.63. The van der Waals surface area contributed by atoms with E-state index in [0.29, 0.717) is 12.1 Å². The van der Waals surface area contributed by atoms with Crippen LogP contribution < -0.4 is 10.6 Å². The molecule has 0 aliphatic heterocycles. The van der Waals surface area contributed by atoms with Gasteiger partial charge in [0.15, 0.2) is 0 Å². The number of para-hydroxylation sites is 1. The van der Waals surface area contributed by atoms with Crippen LogP contribution in [0.1, 0.15) is 36.8 Å². The Kier molecular flexibility index (Phi) is 3.72. The van der Waals surface area contributed by atoms with Gasteiger partial charge in [0.05, 0.1) is 0 Å². The summed E-state index contributed by atoms with van der Waals surface area (Å²) < 4.78 is 0. The zero-order valence-electron chi connectivity index (χ0n) is 11.2. The van der Waals surface area contributed by atoms with E-state index in [2.05, 4.69) is 44.0 Å². The molecule has 1 aromatic carbocycles. The van der Waals surface area contributed by atoms with Gasteiger partial charge >= 0.3 is 0 Å². The second-order valence-corrected chi connectivity index (χ2v) is 5.42. The van der Waals surface area contributed by atoms with Crippen LogP contribution in [0, 0.1) is 13.8 Å². The van der Waals surface area contributed by atoms with E-state index in [4.69, 9.17) is 5.73 Å². The Morgan fingerprint density at radius 3 is 2.12 bits per heavy atom. The number of aryl methyl sites for hydroxylation is 2. The first-order chi connectivity index (χ1) is 8.09. The van der Waals surface area contributed by atoms with E-state index >= 15 is 0 Å². The van der Waals surface area contributed by atoms with Gasteiger partial charge in [0.1, 0.15) is 0 Å². The average Bonchev–Trinajstić information content (AvgIpc) is 2.29. The van der Waals surface area contributed by atoms with Crippen LogP contribution in [0.2, 0.25) is 0 Å². The molecular weight excluding hydrogens is 208 g/mol. The molecule has 1 aromatic rings. The maximum absolute atomic E-state index is 5.98. The molecule has 1 aliphatic carbocycles. The Hall–Kier alpha value is -1.02. The second-order valence-electron chi connectivity index (χ2n) is 5.42. The minimum absolute atomic E-state index is 0.428. The molecule has 0 spiro atoms. The van der Waals surface area contributed by atoms with E-state index in [1.54, 1.807) is 0 Å². The van der Waals surface area contributed by atoms with Crippen LogP contribution in [0.3, 0.4) is 0 Å². The summed E-state index contributed by atoms with van der Waals surface area (Å²) in [4.78, 5) is 2.47. The third-order valence-electron chi connectivity index (χ3n) is 4.08. The molecule has 0 amide bonds. The van der Waals surface area contributed by atoms with Crippen molar-refractivity contribution < 1.29 is 0 Å². The zero-order valence-corrected chi connectivity index (χ0v) is 11.2. The molecule has 2 rings (SSSR count). The van der Waals surface area contributed by atoms with Crippen LogP contribution in [0.5, 0.6) is 0 Å². The predicted molar refractivity (Wildman–Crippen MR) is 74.6 cm³/mol. The van der Waals surface area contributed by atoms with Crippen LogP contribution in [-0.2, 0) is 0 Å². The van der Waals surface area contributed by atoms with Gasteiger partial charge in [0, 0.05) is 24.8 Å². The Labute approximate surface area is 105 Å². The highest BCUT2D eigenvalue weighted by atomic mass is 15.1. The largest absolute Gasteiger partial charge is 0.371 e. The highest BCUT2D eigenvalue weighted by molar-refractivity contribution is 5.59. The molecule has 0 heterocycles. The van der Waals surface area contributed by atoms with Crippen molar-refractivity contribution >= 4 is 5.69 Å². The first-order valence-electron chi connectivity index (χ1n) is 6.64. The molecule has 0 atom stereocenters. The van der Waals surface area contributed by atoms with Crippen molar-refractivity contribution in [2.45, 2.75) is 51.6 Å². The minimum atomic E-state index is 0.428. The van der Waals surface area contributed by atoms with Crippen molar-refractivity contribution in [1.29, 1.82) is 0 Å². The lowest BCUT2D eigenvalue weighted by Gasteiger charge is -2.36. The second kappa shape index (κ2) is 5.09. The molecule has 17 heavy (non-hydrogen) atoms. The first kappa shape index (κ1) is 12.4. The third-order valence-corrected chi connectivity index (χ3v) is 4.08. The molecule has 0 saturated heterocycles. The Morgan fingerprint density at radius 1 is 1.06 bits per heavy atom. The van der Waals surface area contributed by atoms with Crippen molar-refractivity contribution in [2.75, 3.05) is 11.9 Å². The molecule has 0 aromatic heterocycles. The van der Waals surface area contributed by atoms with E-state index in [1.807, 2.05) is 0 Å². The normalized spacial score (nSPS) is 24.7. The van der Waals surface area contributed by atoms with Crippen LogP contribution >= 0.6 is 0 Å². The molecule has 94 valence electrons. The zero-order chi connectivity index (χ0) is 12.4. The Bertz CT molecular complexity index is 358. The summed E-state index contributed by atoms with van der Waals surface area (Å²) in [6.45, 7) is 4.40. The topological polar surface area (TPSA) is 29.3 Å². The monoisotopic (exact) mass is 232 g/mol. The SMILES string of the molecule is Cc1cccc(C)c1N(C)C1CCC(N)CC1. The summed E-state index contributed by atoms with van der Waals surface area (Å²) in [5.74, 6) is 0. The number of benzene rings is 1. The van der Waals surface area contributed by atoms with E-state index < -0.39 is 0 Å². The van der Waals surface area contributed by atoms with E-state index in [9.17, 15) is 0 Å². The third kappa shape index (κ3) is 2.63. The fourth-order valence-corrected chi connectivity index (χ4v) is 3.03. The Morgan fingerprint density at radius 2 is 1.59 bits per heavy atom. The van der Waals surface area contributed by atoms with Crippen LogP contribution in [0.25, 0.3) is 0 Å². The summed E-state index contributed by atoms with van der Waals surface area (Å²) in [6.07, 6.45) is 4.79. The van der Waals surface area contributed by atoms with Gasteiger partial charge < -0.3 is 10.6 Å². The van der Waals surface area contributed by atoms with Gasteiger partial charge in [-0.2, -0.15) is 0 Å². The quantitative estimate of drug-likeness (QED) is 0.849. The molecule has 1 saturated carbocycles. The number of rotatable bonds is 2. The summed E-state index contributed by atoms with van der Waals surface area (Å²) in [5, 5.41) is 0. The van der Waals surface area contributed by atoms with Crippen LogP contribution in [0.15, 0.2) is 18.2 Å². The van der Waals surface area contributed by atoms with Gasteiger partial charge in [-0.25, -0.2) is 0 Å². The fourth-order valence-electron chi connectivity index (χ4n) is 3.03. The highest BCUT2D eigenvalue weighted by Gasteiger charge is 2.23. The molecular formula is C15H24N2. The first-order valence-corrected chi connectivity index (χ1v) is 6.64. The number of hydrogen-bond donors (Lipinski definition) is 1. The van der Waals surface area contributed by atoms with Crippen molar-refractivity contribution in [3.63, 3.8) is 0 Å². The lowest BCUT2D eigenvalue weighted by Crippen LogP contribution is -2.39. The Balaban J connectivity index is 2.16. The van der Waals surface area contributed by atoms with Gasteiger partial charge in [0.2, 0.25) is 0 Å². The van der Waals surface area contributed by atoms with E-state index in [1.165, 1.54) is 42.5 Å². The smallest absolute Gasteiger partial charge is 0.0425 e. The highest BCUT2D eigenvalue weighted by Crippen LogP contribution is 2.30. The predicted octanol–water partition coefficient (Wildman–Crippen LogP) is 3.01. The summed E-state index contributed by atoms with van der Waals surface area (Å²) in [7, 11) is 2.23. The van der Waals surface area contributed by atoms with Crippen molar-refractivity contribution in [1.82, 2.24) is 0 Å². The van der Waals surface area contributed by atoms with Crippen molar-refractivity contribution in [3.05, 3.63) is 29.3 Å². The number of nitrogens with two attached hydrogens (primary N) is 1. The maximum Gasteiger partial charge on any atom is 0.0425 e. The number of anilines is 1. The molecule has 2 heteroatoms. The molecule has 1 aliphatic rings. The van der Waals surface area contributed by atoms with Gasteiger partial charge in [-0.3, -0.25) is 0 Å².